The fraction of sp³-hybridized carbons (Fsp3) is 1.00. The van der Waals surface area contributed by atoms with Crippen LogP contribution < -0.4 is 5.73 Å². The van der Waals surface area contributed by atoms with Crippen LogP contribution in [0.5, 0.6) is 0 Å². The lowest BCUT2D eigenvalue weighted by molar-refractivity contribution is 0.0165. The van der Waals surface area contributed by atoms with Crippen LogP contribution in [0, 0.1) is 5.92 Å². The van der Waals surface area contributed by atoms with E-state index >= 15 is 0 Å². The first-order valence-electron chi connectivity index (χ1n) is 8.27. The predicted octanol–water partition coefficient (Wildman–Crippen LogP) is 2.79. The standard InChI is InChI=1S/C16H32N2O/c1-3-18(12-15-7-5-11-19-15)16(13-17)9-4-6-14(2)8-10-16/h14-15H,3-13,17H2,1-2H3. The van der Waals surface area contributed by atoms with Gasteiger partial charge in [0, 0.05) is 25.2 Å². The number of nitrogens with zero attached hydrogens (tertiary/aromatic N) is 1. The molecule has 0 aromatic carbocycles. The Hall–Kier alpha value is -0.120. The Labute approximate surface area is 118 Å². The molecule has 1 aliphatic carbocycles. The summed E-state index contributed by atoms with van der Waals surface area (Å²) in [4.78, 5) is 2.64. The van der Waals surface area contributed by atoms with Crippen LogP contribution in [0.1, 0.15) is 58.8 Å². The largest absolute Gasteiger partial charge is 0.377 e. The van der Waals surface area contributed by atoms with Crippen LogP contribution in [-0.4, -0.2) is 42.8 Å². The molecule has 3 nitrogen and oxygen atoms in total. The van der Waals surface area contributed by atoms with Crippen molar-refractivity contribution in [2.45, 2.75) is 70.4 Å². The minimum atomic E-state index is 0.242. The van der Waals surface area contributed by atoms with E-state index < -0.39 is 0 Å². The normalized spacial score (nSPS) is 36.6. The SMILES string of the molecule is CCN(CC1CCCO1)C1(CN)CCCC(C)CC1. The Bertz CT molecular complexity index is 265. The monoisotopic (exact) mass is 268 g/mol. The molecule has 1 heterocycles. The molecule has 2 rings (SSSR count). The van der Waals surface area contributed by atoms with Crippen LogP contribution in [0.3, 0.4) is 0 Å². The van der Waals surface area contributed by atoms with Gasteiger partial charge in [0.05, 0.1) is 6.10 Å². The second kappa shape index (κ2) is 7.05. The third-order valence-electron chi connectivity index (χ3n) is 5.32. The van der Waals surface area contributed by atoms with E-state index in [4.69, 9.17) is 10.5 Å². The second-order valence-electron chi connectivity index (χ2n) is 6.64. The molecule has 1 aliphatic heterocycles. The lowest BCUT2D eigenvalue weighted by atomic mass is 9.87. The lowest BCUT2D eigenvalue weighted by Gasteiger charge is -2.44. The highest BCUT2D eigenvalue weighted by Crippen LogP contribution is 2.34. The highest BCUT2D eigenvalue weighted by atomic mass is 16.5. The fourth-order valence-electron chi connectivity index (χ4n) is 3.91. The van der Waals surface area contributed by atoms with E-state index in [0.717, 1.165) is 32.2 Å². The van der Waals surface area contributed by atoms with E-state index in [0.29, 0.717) is 6.10 Å². The first-order valence-corrected chi connectivity index (χ1v) is 8.27. The molecule has 0 spiro atoms. The number of hydrogen-bond acceptors (Lipinski definition) is 3. The summed E-state index contributed by atoms with van der Waals surface area (Å²) in [6, 6.07) is 0. The van der Waals surface area contributed by atoms with Gasteiger partial charge in [0.25, 0.3) is 0 Å². The van der Waals surface area contributed by atoms with Crippen molar-refractivity contribution in [1.29, 1.82) is 0 Å². The van der Waals surface area contributed by atoms with E-state index in [2.05, 4.69) is 18.7 Å². The van der Waals surface area contributed by atoms with Gasteiger partial charge >= 0.3 is 0 Å². The molecule has 1 saturated carbocycles. The van der Waals surface area contributed by atoms with Gasteiger partial charge in [-0.3, -0.25) is 4.90 Å². The van der Waals surface area contributed by atoms with Crippen LogP contribution in [0.15, 0.2) is 0 Å². The average Bonchev–Trinajstić information content (AvgIpc) is 2.86. The van der Waals surface area contributed by atoms with Gasteiger partial charge in [-0.1, -0.05) is 26.7 Å². The average molecular weight is 268 g/mol. The number of nitrogens with two attached hydrogens (primary N) is 1. The van der Waals surface area contributed by atoms with Crippen molar-refractivity contribution in [3.05, 3.63) is 0 Å². The summed E-state index contributed by atoms with van der Waals surface area (Å²) in [5.74, 6) is 0.870. The van der Waals surface area contributed by atoms with Gasteiger partial charge in [-0.2, -0.15) is 0 Å². The summed E-state index contributed by atoms with van der Waals surface area (Å²) in [5, 5.41) is 0. The summed E-state index contributed by atoms with van der Waals surface area (Å²) in [5.41, 5.74) is 6.46. The number of hydrogen-bond donors (Lipinski definition) is 1. The van der Waals surface area contributed by atoms with Crippen LogP contribution in [0.25, 0.3) is 0 Å². The number of rotatable bonds is 5. The highest BCUT2D eigenvalue weighted by Gasteiger charge is 2.37. The molecular formula is C16H32N2O. The maximum atomic E-state index is 6.22. The predicted molar refractivity (Wildman–Crippen MR) is 80.3 cm³/mol. The summed E-state index contributed by atoms with van der Waals surface area (Å²) in [6.45, 7) is 8.62. The zero-order chi connectivity index (χ0) is 13.7. The Balaban J connectivity index is 2.02. The van der Waals surface area contributed by atoms with Crippen molar-refractivity contribution >= 4 is 0 Å². The number of likely N-dealkylation sites (N-methyl/N-ethyl adjacent to an activating group) is 1. The maximum absolute atomic E-state index is 6.22. The molecule has 2 fully saturated rings. The van der Waals surface area contributed by atoms with Crippen LogP contribution >= 0.6 is 0 Å². The minimum absolute atomic E-state index is 0.242. The topological polar surface area (TPSA) is 38.5 Å². The van der Waals surface area contributed by atoms with E-state index in [1.54, 1.807) is 0 Å². The van der Waals surface area contributed by atoms with Crippen molar-refractivity contribution < 1.29 is 4.74 Å². The van der Waals surface area contributed by atoms with Gasteiger partial charge in [0.1, 0.15) is 0 Å². The van der Waals surface area contributed by atoms with Crippen LogP contribution in [0.2, 0.25) is 0 Å². The molecule has 3 heteroatoms. The minimum Gasteiger partial charge on any atom is -0.377 e. The van der Waals surface area contributed by atoms with Crippen LogP contribution in [-0.2, 0) is 4.74 Å². The van der Waals surface area contributed by atoms with Crippen molar-refractivity contribution in [1.82, 2.24) is 4.90 Å². The number of ether oxygens (including phenoxy) is 1. The Morgan fingerprint density at radius 2 is 2.05 bits per heavy atom. The van der Waals surface area contributed by atoms with E-state index in [-0.39, 0.29) is 5.54 Å². The molecule has 112 valence electrons. The molecule has 3 atom stereocenters. The van der Waals surface area contributed by atoms with E-state index in [9.17, 15) is 0 Å². The lowest BCUT2D eigenvalue weighted by Crippen LogP contribution is -2.55. The third-order valence-corrected chi connectivity index (χ3v) is 5.32. The Kier molecular flexibility index (Phi) is 5.67. The van der Waals surface area contributed by atoms with Gasteiger partial charge in [-0.15, -0.1) is 0 Å². The molecule has 2 aliphatic rings. The molecule has 0 radical (unpaired) electrons. The fourth-order valence-corrected chi connectivity index (χ4v) is 3.91. The summed E-state index contributed by atoms with van der Waals surface area (Å²) in [6.07, 6.45) is 9.49. The van der Waals surface area contributed by atoms with Gasteiger partial charge < -0.3 is 10.5 Å². The molecule has 1 saturated heterocycles. The first kappa shape index (κ1) is 15.3. The summed E-state index contributed by atoms with van der Waals surface area (Å²) in [7, 11) is 0. The second-order valence-corrected chi connectivity index (χ2v) is 6.64. The smallest absolute Gasteiger partial charge is 0.0703 e. The quantitative estimate of drug-likeness (QED) is 0.779. The van der Waals surface area contributed by atoms with Crippen molar-refractivity contribution in [3.63, 3.8) is 0 Å². The molecule has 0 bridgehead atoms. The molecule has 3 unspecified atom stereocenters. The molecule has 0 aromatic heterocycles. The molecule has 0 amide bonds. The van der Waals surface area contributed by atoms with Gasteiger partial charge in [0.15, 0.2) is 0 Å². The van der Waals surface area contributed by atoms with Gasteiger partial charge in [0.2, 0.25) is 0 Å². The zero-order valence-electron chi connectivity index (χ0n) is 12.9. The van der Waals surface area contributed by atoms with E-state index in [1.165, 1.54) is 44.9 Å². The summed E-state index contributed by atoms with van der Waals surface area (Å²) >= 11 is 0. The highest BCUT2D eigenvalue weighted by molar-refractivity contribution is 4.94. The van der Waals surface area contributed by atoms with Gasteiger partial charge in [-0.25, -0.2) is 0 Å². The van der Waals surface area contributed by atoms with E-state index in [1.807, 2.05) is 0 Å². The van der Waals surface area contributed by atoms with Crippen LogP contribution in [0.4, 0.5) is 0 Å². The molecule has 2 N–H and O–H groups in total. The van der Waals surface area contributed by atoms with Crippen molar-refractivity contribution in [2.24, 2.45) is 11.7 Å². The molecule has 0 aromatic rings. The maximum Gasteiger partial charge on any atom is 0.0703 e. The third kappa shape index (κ3) is 3.71. The molecular weight excluding hydrogens is 236 g/mol. The molecule has 19 heavy (non-hydrogen) atoms. The Morgan fingerprint density at radius 3 is 2.68 bits per heavy atom. The zero-order valence-corrected chi connectivity index (χ0v) is 12.9. The first-order chi connectivity index (χ1) is 9.20. The summed E-state index contributed by atoms with van der Waals surface area (Å²) < 4.78 is 5.84. The van der Waals surface area contributed by atoms with Crippen molar-refractivity contribution in [3.8, 4) is 0 Å². The van der Waals surface area contributed by atoms with Gasteiger partial charge in [-0.05, 0) is 44.6 Å². The van der Waals surface area contributed by atoms with Crippen molar-refractivity contribution in [2.75, 3.05) is 26.2 Å². The Morgan fingerprint density at radius 1 is 1.21 bits per heavy atom.